The SMILES string of the molecule is CN=C(NCCCc1nc(C)no1)NCC(C)(C)c1ccccc1. The Kier molecular flexibility index (Phi) is 6.35. The molecule has 0 fully saturated rings. The number of hydrogen-bond acceptors (Lipinski definition) is 4. The molecule has 0 spiro atoms. The van der Waals surface area contributed by atoms with Gasteiger partial charge >= 0.3 is 0 Å². The summed E-state index contributed by atoms with van der Waals surface area (Å²) < 4.78 is 5.10. The van der Waals surface area contributed by atoms with E-state index < -0.39 is 0 Å². The van der Waals surface area contributed by atoms with E-state index in [0.717, 1.165) is 31.9 Å². The van der Waals surface area contributed by atoms with Gasteiger partial charge in [-0.3, -0.25) is 4.99 Å². The quantitative estimate of drug-likeness (QED) is 0.464. The molecule has 2 N–H and O–H groups in total. The lowest BCUT2D eigenvalue weighted by Crippen LogP contribution is -2.43. The lowest BCUT2D eigenvalue weighted by atomic mass is 9.85. The molecule has 130 valence electrons. The molecule has 2 rings (SSSR count). The largest absolute Gasteiger partial charge is 0.356 e. The Morgan fingerprint density at radius 3 is 2.58 bits per heavy atom. The van der Waals surface area contributed by atoms with Crippen molar-refractivity contribution in [3.63, 3.8) is 0 Å². The second-order valence-corrected chi connectivity index (χ2v) is 6.44. The van der Waals surface area contributed by atoms with E-state index in [9.17, 15) is 0 Å². The fourth-order valence-corrected chi connectivity index (χ4v) is 2.40. The number of nitrogens with one attached hydrogen (secondary N) is 2. The van der Waals surface area contributed by atoms with E-state index in [1.807, 2.05) is 13.0 Å². The summed E-state index contributed by atoms with van der Waals surface area (Å²) in [7, 11) is 1.78. The summed E-state index contributed by atoms with van der Waals surface area (Å²) in [6.07, 6.45) is 1.67. The predicted octanol–water partition coefficient (Wildman–Crippen LogP) is 2.45. The maximum Gasteiger partial charge on any atom is 0.226 e. The van der Waals surface area contributed by atoms with Gasteiger partial charge in [0.25, 0.3) is 0 Å². The van der Waals surface area contributed by atoms with Crippen LogP contribution >= 0.6 is 0 Å². The highest BCUT2D eigenvalue weighted by molar-refractivity contribution is 5.79. The van der Waals surface area contributed by atoms with Crippen LogP contribution in [0.3, 0.4) is 0 Å². The summed E-state index contributed by atoms with van der Waals surface area (Å²) in [4.78, 5) is 8.47. The Labute approximate surface area is 143 Å². The second kappa shape index (κ2) is 8.47. The van der Waals surface area contributed by atoms with Gasteiger partial charge in [-0.15, -0.1) is 0 Å². The van der Waals surface area contributed by atoms with Crippen LogP contribution in [0.25, 0.3) is 0 Å². The fourth-order valence-electron chi connectivity index (χ4n) is 2.40. The van der Waals surface area contributed by atoms with Crippen molar-refractivity contribution >= 4 is 5.96 Å². The van der Waals surface area contributed by atoms with E-state index in [4.69, 9.17) is 4.52 Å². The molecule has 1 aromatic heterocycles. The number of aliphatic imine (C=N–C) groups is 1. The molecule has 0 amide bonds. The zero-order valence-electron chi connectivity index (χ0n) is 15.0. The molecular weight excluding hydrogens is 302 g/mol. The zero-order valence-corrected chi connectivity index (χ0v) is 15.0. The van der Waals surface area contributed by atoms with Crippen LogP contribution < -0.4 is 10.6 Å². The van der Waals surface area contributed by atoms with Gasteiger partial charge in [-0.05, 0) is 18.9 Å². The van der Waals surface area contributed by atoms with Crippen molar-refractivity contribution in [2.24, 2.45) is 4.99 Å². The number of hydrogen-bond donors (Lipinski definition) is 2. The Bertz CT molecular complexity index is 648. The monoisotopic (exact) mass is 329 g/mol. The standard InChI is InChI=1S/C18H27N5O/c1-14-22-16(24-23-14)11-8-12-20-17(19-4)21-13-18(2,3)15-9-6-5-7-10-15/h5-7,9-10H,8,11-13H2,1-4H3,(H2,19,20,21). The maximum atomic E-state index is 5.10. The molecule has 0 atom stereocenters. The van der Waals surface area contributed by atoms with Gasteiger partial charge in [-0.1, -0.05) is 49.3 Å². The molecule has 0 unspecified atom stereocenters. The molecule has 2 aromatic rings. The number of aromatic nitrogens is 2. The van der Waals surface area contributed by atoms with Crippen molar-refractivity contribution in [2.45, 2.75) is 39.0 Å². The molecule has 0 aliphatic rings. The third kappa shape index (κ3) is 5.37. The first-order valence-electron chi connectivity index (χ1n) is 8.30. The van der Waals surface area contributed by atoms with Crippen molar-refractivity contribution in [1.82, 2.24) is 20.8 Å². The first kappa shape index (κ1) is 18.0. The third-order valence-electron chi connectivity index (χ3n) is 3.91. The molecule has 0 saturated carbocycles. The van der Waals surface area contributed by atoms with Crippen LogP contribution in [-0.2, 0) is 11.8 Å². The topological polar surface area (TPSA) is 75.3 Å². The van der Waals surface area contributed by atoms with Gasteiger partial charge in [-0.2, -0.15) is 4.98 Å². The summed E-state index contributed by atoms with van der Waals surface area (Å²) in [5.74, 6) is 2.17. The van der Waals surface area contributed by atoms with Gasteiger partial charge in [0.15, 0.2) is 11.8 Å². The average molecular weight is 329 g/mol. The Hall–Kier alpha value is -2.37. The minimum absolute atomic E-state index is 0.0279. The summed E-state index contributed by atoms with van der Waals surface area (Å²) in [6.45, 7) is 7.87. The normalized spacial score (nSPS) is 12.2. The van der Waals surface area contributed by atoms with Crippen LogP contribution in [0.1, 0.15) is 37.5 Å². The smallest absolute Gasteiger partial charge is 0.226 e. The van der Waals surface area contributed by atoms with E-state index in [2.05, 4.69) is 63.9 Å². The molecule has 6 nitrogen and oxygen atoms in total. The van der Waals surface area contributed by atoms with Gasteiger partial charge in [0.05, 0.1) is 0 Å². The van der Waals surface area contributed by atoms with Crippen LogP contribution in [0, 0.1) is 6.92 Å². The molecule has 0 radical (unpaired) electrons. The lowest BCUT2D eigenvalue weighted by molar-refractivity contribution is 0.372. The maximum absolute atomic E-state index is 5.10. The van der Waals surface area contributed by atoms with Gasteiger partial charge in [-0.25, -0.2) is 0 Å². The van der Waals surface area contributed by atoms with Gasteiger partial charge in [0, 0.05) is 32.0 Å². The van der Waals surface area contributed by atoms with Crippen molar-refractivity contribution in [2.75, 3.05) is 20.1 Å². The molecule has 1 aromatic carbocycles. The third-order valence-corrected chi connectivity index (χ3v) is 3.91. The van der Waals surface area contributed by atoms with Crippen molar-refractivity contribution in [3.8, 4) is 0 Å². The molecule has 1 heterocycles. The molecule has 6 heteroatoms. The fraction of sp³-hybridized carbons (Fsp3) is 0.500. The molecule has 0 aliphatic heterocycles. The minimum atomic E-state index is 0.0279. The number of rotatable bonds is 7. The second-order valence-electron chi connectivity index (χ2n) is 6.44. The number of aryl methyl sites for hydroxylation is 2. The highest BCUT2D eigenvalue weighted by atomic mass is 16.5. The molecular formula is C18H27N5O. The summed E-state index contributed by atoms with van der Waals surface area (Å²) in [6, 6.07) is 10.5. The van der Waals surface area contributed by atoms with Crippen LogP contribution in [0.4, 0.5) is 0 Å². The highest BCUT2D eigenvalue weighted by Crippen LogP contribution is 2.21. The van der Waals surface area contributed by atoms with Gasteiger partial charge in [0.1, 0.15) is 0 Å². The van der Waals surface area contributed by atoms with E-state index in [-0.39, 0.29) is 5.41 Å². The van der Waals surface area contributed by atoms with Gasteiger partial charge < -0.3 is 15.2 Å². The molecule has 0 bridgehead atoms. The minimum Gasteiger partial charge on any atom is -0.356 e. The first-order chi connectivity index (χ1) is 11.5. The lowest BCUT2D eigenvalue weighted by Gasteiger charge is -2.26. The summed E-state index contributed by atoms with van der Waals surface area (Å²) in [5.41, 5.74) is 1.33. The van der Waals surface area contributed by atoms with Crippen LogP contribution in [0.15, 0.2) is 39.8 Å². The molecule has 24 heavy (non-hydrogen) atoms. The highest BCUT2D eigenvalue weighted by Gasteiger charge is 2.20. The average Bonchev–Trinajstić information content (AvgIpc) is 3.00. The predicted molar refractivity (Wildman–Crippen MR) is 96.2 cm³/mol. The number of benzene rings is 1. The van der Waals surface area contributed by atoms with Crippen LogP contribution in [0.2, 0.25) is 0 Å². The van der Waals surface area contributed by atoms with Gasteiger partial charge in [0.2, 0.25) is 5.89 Å². The van der Waals surface area contributed by atoms with Crippen LogP contribution in [0.5, 0.6) is 0 Å². The van der Waals surface area contributed by atoms with Crippen molar-refractivity contribution in [1.29, 1.82) is 0 Å². The van der Waals surface area contributed by atoms with E-state index >= 15 is 0 Å². The van der Waals surface area contributed by atoms with Crippen molar-refractivity contribution in [3.05, 3.63) is 47.6 Å². The Morgan fingerprint density at radius 1 is 1.21 bits per heavy atom. The van der Waals surface area contributed by atoms with E-state index in [1.165, 1.54) is 5.56 Å². The van der Waals surface area contributed by atoms with Crippen LogP contribution in [-0.4, -0.2) is 36.2 Å². The first-order valence-corrected chi connectivity index (χ1v) is 8.30. The number of nitrogens with zero attached hydrogens (tertiary/aromatic N) is 3. The molecule has 0 aliphatic carbocycles. The van der Waals surface area contributed by atoms with E-state index in [0.29, 0.717) is 11.7 Å². The van der Waals surface area contributed by atoms with E-state index in [1.54, 1.807) is 7.05 Å². The van der Waals surface area contributed by atoms with Crippen molar-refractivity contribution < 1.29 is 4.52 Å². The molecule has 0 saturated heterocycles. The summed E-state index contributed by atoms with van der Waals surface area (Å²) >= 11 is 0. The summed E-state index contributed by atoms with van der Waals surface area (Å²) in [5, 5.41) is 10.5. The Balaban J connectivity index is 1.74. The zero-order chi connectivity index (χ0) is 17.4. The number of guanidine groups is 1. The Morgan fingerprint density at radius 2 is 1.96 bits per heavy atom.